The van der Waals surface area contributed by atoms with Crippen molar-refractivity contribution in [1.82, 2.24) is 5.43 Å². The lowest BCUT2D eigenvalue weighted by Gasteiger charge is -2.13. The van der Waals surface area contributed by atoms with Gasteiger partial charge in [-0.25, -0.2) is 5.01 Å². The first-order chi connectivity index (χ1) is 13.5. The maximum Gasteiger partial charge on any atom is 0.282 e. The second-order valence-electron chi connectivity index (χ2n) is 5.95. The first kappa shape index (κ1) is 17.2. The van der Waals surface area contributed by atoms with Crippen LogP contribution in [-0.4, -0.2) is 16.7 Å². The Labute approximate surface area is 158 Å². The molecule has 4 rings (SSSR count). The summed E-state index contributed by atoms with van der Waals surface area (Å²) < 4.78 is 5.63. The third kappa shape index (κ3) is 3.03. The smallest absolute Gasteiger partial charge is 0.282 e. The van der Waals surface area contributed by atoms with Crippen molar-refractivity contribution in [3.63, 3.8) is 0 Å². The molecule has 1 N–H and O–H groups in total. The zero-order chi connectivity index (χ0) is 19.7. The maximum atomic E-state index is 12.6. The summed E-state index contributed by atoms with van der Waals surface area (Å²) in [6.45, 7) is 0. The molecular formula is C20H13N3O5. The Morgan fingerprint density at radius 3 is 2.43 bits per heavy atom. The van der Waals surface area contributed by atoms with Gasteiger partial charge in [-0.1, -0.05) is 30.3 Å². The Kier molecular flexibility index (Phi) is 4.21. The molecule has 1 saturated heterocycles. The SMILES string of the molecule is O=C1NN(c2ccccc2)C(=O)C1=Cc1ccc(-c2ccccc2[N+](=O)[O-])o1. The van der Waals surface area contributed by atoms with Crippen LogP contribution in [0.4, 0.5) is 11.4 Å². The highest BCUT2D eigenvalue weighted by atomic mass is 16.6. The molecule has 0 bridgehead atoms. The standard InChI is InChI=1S/C20H13N3O5/c24-19-16(20(25)22(21-19)13-6-2-1-3-7-13)12-14-10-11-18(28-14)15-8-4-5-9-17(15)23(26)27/h1-12H,(H,21,24). The number of anilines is 1. The van der Waals surface area contributed by atoms with Gasteiger partial charge in [0.2, 0.25) is 0 Å². The van der Waals surface area contributed by atoms with E-state index >= 15 is 0 Å². The number of nitro benzene ring substituents is 1. The van der Waals surface area contributed by atoms with Gasteiger partial charge in [-0.2, -0.15) is 0 Å². The van der Waals surface area contributed by atoms with Gasteiger partial charge in [0.25, 0.3) is 17.5 Å². The van der Waals surface area contributed by atoms with Gasteiger partial charge in [0.05, 0.1) is 16.2 Å². The lowest BCUT2D eigenvalue weighted by atomic mass is 10.1. The molecule has 8 heteroatoms. The normalized spacial score (nSPS) is 15.1. The first-order valence-electron chi connectivity index (χ1n) is 8.30. The Morgan fingerprint density at radius 1 is 0.964 bits per heavy atom. The second-order valence-corrected chi connectivity index (χ2v) is 5.95. The van der Waals surface area contributed by atoms with Crippen molar-refractivity contribution in [1.29, 1.82) is 0 Å². The van der Waals surface area contributed by atoms with Gasteiger partial charge in [-0.15, -0.1) is 0 Å². The number of hydrogen-bond donors (Lipinski definition) is 1. The molecule has 0 atom stereocenters. The molecule has 0 spiro atoms. The largest absolute Gasteiger partial charge is 0.456 e. The number of hydrazine groups is 1. The predicted octanol–water partition coefficient (Wildman–Crippen LogP) is 3.32. The molecule has 0 saturated carbocycles. The summed E-state index contributed by atoms with van der Waals surface area (Å²) in [5, 5.41) is 12.3. The van der Waals surface area contributed by atoms with Crippen LogP contribution in [0.5, 0.6) is 0 Å². The number of furan rings is 1. The molecule has 138 valence electrons. The van der Waals surface area contributed by atoms with Crippen LogP contribution < -0.4 is 10.4 Å². The minimum atomic E-state index is -0.558. The fourth-order valence-electron chi connectivity index (χ4n) is 2.87. The van der Waals surface area contributed by atoms with Gasteiger partial charge in [0.1, 0.15) is 17.1 Å². The van der Waals surface area contributed by atoms with E-state index in [9.17, 15) is 19.7 Å². The van der Waals surface area contributed by atoms with E-state index in [0.29, 0.717) is 11.3 Å². The monoisotopic (exact) mass is 375 g/mol. The molecule has 0 aliphatic carbocycles. The van der Waals surface area contributed by atoms with Gasteiger partial charge in [-0.05, 0) is 36.4 Å². The van der Waals surface area contributed by atoms with E-state index in [0.717, 1.165) is 5.01 Å². The number of carbonyl (C=O) groups excluding carboxylic acids is 2. The molecule has 2 amide bonds. The third-order valence-corrected chi connectivity index (χ3v) is 4.19. The molecule has 28 heavy (non-hydrogen) atoms. The number of hydrogen-bond acceptors (Lipinski definition) is 5. The Morgan fingerprint density at radius 2 is 1.68 bits per heavy atom. The number of nitro groups is 1. The number of nitrogens with zero attached hydrogens (tertiary/aromatic N) is 2. The van der Waals surface area contributed by atoms with Crippen LogP contribution >= 0.6 is 0 Å². The van der Waals surface area contributed by atoms with Crippen LogP contribution in [0, 0.1) is 10.1 Å². The van der Waals surface area contributed by atoms with Gasteiger partial charge >= 0.3 is 0 Å². The minimum absolute atomic E-state index is 0.0904. The van der Waals surface area contributed by atoms with Gasteiger partial charge < -0.3 is 4.42 Å². The lowest BCUT2D eigenvalue weighted by Crippen LogP contribution is -2.35. The van der Waals surface area contributed by atoms with Crippen molar-refractivity contribution in [3.05, 3.63) is 88.2 Å². The molecule has 0 radical (unpaired) electrons. The van der Waals surface area contributed by atoms with Crippen LogP contribution in [0.3, 0.4) is 0 Å². The number of carbonyl (C=O) groups is 2. The van der Waals surface area contributed by atoms with E-state index in [1.165, 1.54) is 12.1 Å². The number of para-hydroxylation sites is 2. The quantitative estimate of drug-likeness (QED) is 0.326. The van der Waals surface area contributed by atoms with Crippen molar-refractivity contribution in [2.45, 2.75) is 0 Å². The highest BCUT2D eigenvalue weighted by Gasteiger charge is 2.34. The van der Waals surface area contributed by atoms with Crippen LogP contribution in [0.25, 0.3) is 17.4 Å². The van der Waals surface area contributed by atoms with Gasteiger partial charge in [-0.3, -0.25) is 25.1 Å². The summed E-state index contributed by atoms with van der Waals surface area (Å²) in [5.74, 6) is -0.566. The number of nitrogens with one attached hydrogen (secondary N) is 1. The molecule has 2 aromatic carbocycles. The number of rotatable bonds is 4. The molecule has 2 heterocycles. The predicted molar refractivity (Wildman–Crippen MR) is 101 cm³/mol. The van der Waals surface area contributed by atoms with Crippen LogP contribution in [0.2, 0.25) is 0 Å². The zero-order valence-electron chi connectivity index (χ0n) is 14.4. The molecular weight excluding hydrogens is 362 g/mol. The van der Waals surface area contributed by atoms with E-state index in [2.05, 4.69) is 5.43 Å². The summed E-state index contributed by atoms with van der Waals surface area (Å²) in [6, 6.07) is 18.0. The molecule has 8 nitrogen and oxygen atoms in total. The van der Waals surface area contributed by atoms with Crippen molar-refractivity contribution in [2.75, 3.05) is 5.01 Å². The minimum Gasteiger partial charge on any atom is -0.456 e. The van der Waals surface area contributed by atoms with E-state index < -0.39 is 16.7 Å². The highest BCUT2D eigenvalue weighted by molar-refractivity contribution is 6.31. The van der Waals surface area contributed by atoms with Crippen molar-refractivity contribution in [2.24, 2.45) is 0 Å². The Bertz CT molecular complexity index is 1120. The fourth-order valence-corrected chi connectivity index (χ4v) is 2.87. The lowest BCUT2D eigenvalue weighted by molar-refractivity contribution is -0.384. The fraction of sp³-hybridized carbons (Fsp3) is 0. The molecule has 1 aliphatic rings. The first-order valence-corrected chi connectivity index (χ1v) is 8.30. The van der Waals surface area contributed by atoms with Crippen LogP contribution in [0.15, 0.2) is 76.7 Å². The number of amides is 2. The number of benzene rings is 2. The molecule has 3 aromatic rings. The Balaban J connectivity index is 1.65. The summed E-state index contributed by atoms with van der Waals surface area (Å²) >= 11 is 0. The third-order valence-electron chi connectivity index (χ3n) is 4.19. The van der Waals surface area contributed by atoms with Crippen molar-refractivity contribution >= 4 is 29.3 Å². The van der Waals surface area contributed by atoms with Crippen molar-refractivity contribution in [3.8, 4) is 11.3 Å². The summed E-state index contributed by atoms with van der Waals surface area (Å²) in [6.07, 6.45) is 1.32. The van der Waals surface area contributed by atoms with Gasteiger partial charge in [0.15, 0.2) is 0 Å². The van der Waals surface area contributed by atoms with E-state index in [4.69, 9.17) is 4.42 Å². The van der Waals surface area contributed by atoms with Crippen LogP contribution in [-0.2, 0) is 9.59 Å². The van der Waals surface area contributed by atoms with Crippen molar-refractivity contribution < 1.29 is 18.9 Å². The Hall–Kier alpha value is -4.20. The second kappa shape index (κ2) is 6.84. The van der Waals surface area contributed by atoms with Crippen LogP contribution in [0.1, 0.15) is 5.76 Å². The zero-order valence-corrected chi connectivity index (χ0v) is 14.4. The topological polar surface area (TPSA) is 106 Å². The van der Waals surface area contributed by atoms with E-state index in [1.54, 1.807) is 60.7 Å². The summed E-state index contributed by atoms with van der Waals surface area (Å²) in [5.41, 5.74) is 3.15. The summed E-state index contributed by atoms with van der Waals surface area (Å²) in [7, 11) is 0. The molecule has 1 aromatic heterocycles. The molecule has 1 fully saturated rings. The van der Waals surface area contributed by atoms with E-state index in [-0.39, 0.29) is 22.8 Å². The maximum absolute atomic E-state index is 12.6. The van der Waals surface area contributed by atoms with E-state index in [1.807, 2.05) is 0 Å². The molecule has 0 unspecified atom stereocenters. The highest BCUT2D eigenvalue weighted by Crippen LogP contribution is 2.31. The van der Waals surface area contributed by atoms with Gasteiger partial charge in [0, 0.05) is 6.07 Å². The average Bonchev–Trinajstić information content (AvgIpc) is 3.29. The molecule has 1 aliphatic heterocycles. The summed E-state index contributed by atoms with van der Waals surface area (Å²) in [4.78, 5) is 35.5. The average molecular weight is 375 g/mol.